The first-order chi connectivity index (χ1) is 9.88. The van der Waals surface area contributed by atoms with Crippen molar-refractivity contribution in [2.24, 2.45) is 0 Å². The SMILES string of the molecule is O=C(O)c1cc(Sc2ccc(Cl)cc2[N+](=O)[O-])ccc1F. The van der Waals surface area contributed by atoms with E-state index in [-0.39, 0.29) is 15.6 Å². The van der Waals surface area contributed by atoms with Crippen LogP contribution in [0.4, 0.5) is 10.1 Å². The van der Waals surface area contributed by atoms with E-state index in [0.29, 0.717) is 4.90 Å². The van der Waals surface area contributed by atoms with Gasteiger partial charge in [0.15, 0.2) is 0 Å². The first-order valence-corrected chi connectivity index (χ1v) is 6.72. The molecule has 0 aliphatic carbocycles. The van der Waals surface area contributed by atoms with Gasteiger partial charge in [-0.25, -0.2) is 9.18 Å². The van der Waals surface area contributed by atoms with Crippen molar-refractivity contribution in [3.8, 4) is 0 Å². The number of nitrogens with zero attached hydrogens (tertiary/aromatic N) is 1. The van der Waals surface area contributed by atoms with Crippen LogP contribution >= 0.6 is 23.4 Å². The highest BCUT2D eigenvalue weighted by molar-refractivity contribution is 7.99. The molecule has 2 rings (SSSR count). The molecule has 5 nitrogen and oxygen atoms in total. The Morgan fingerprint density at radius 2 is 2.00 bits per heavy atom. The standard InChI is InChI=1S/C13H7ClFNO4S/c14-7-1-4-12(11(5-7)16(19)20)21-8-2-3-10(15)9(6-8)13(17)18/h1-6H,(H,17,18). The summed E-state index contributed by atoms with van der Waals surface area (Å²) in [5, 5.41) is 20.1. The Hall–Kier alpha value is -2.12. The number of hydrogen-bond donors (Lipinski definition) is 1. The van der Waals surface area contributed by atoms with E-state index in [4.69, 9.17) is 16.7 Å². The molecule has 0 aliphatic heterocycles. The van der Waals surface area contributed by atoms with Crippen LogP contribution in [0, 0.1) is 15.9 Å². The average Bonchev–Trinajstić information content (AvgIpc) is 2.42. The van der Waals surface area contributed by atoms with Crippen LogP contribution in [0.3, 0.4) is 0 Å². The predicted octanol–water partition coefficient (Wildman–Crippen LogP) is 4.24. The number of hydrogen-bond acceptors (Lipinski definition) is 4. The highest BCUT2D eigenvalue weighted by Gasteiger charge is 2.17. The topological polar surface area (TPSA) is 80.4 Å². The van der Waals surface area contributed by atoms with E-state index in [1.165, 1.54) is 24.3 Å². The molecule has 0 bridgehead atoms. The molecule has 21 heavy (non-hydrogen) atoms. The summed E-state index contributed by atoms with van der Waals surface area (Å²) < 4.78 is 13.3. The summed E-state index contributed by atoms with van der Waals surface area (Å²) >= 11 is 6.67. The van der Waals surface area contributed by atoms with Crippen LogP contribution in [-0.4, -0.2) is 16.0 Å². The third kappa shape index (κ3) is 3.50. The number of carbonyl (C=O) groups is 1. The Kier molecular flexibility index (Phi) is 4.44. The fraction of sp³-hybridized carbons (Fsp3) is 0. The molecule has 0 amide bonds. The van der Waals surface area contributed by atoms with Gasteiger partial charge in [0.25, 0.3) is 5.69 Å². The fourth-order valence-corrected chi connectivity index (χ4v) is 2.69. The first-order valence-electron chi connectivity index (χ1n) is 5.53. The smallest absolute Gasteiger partial charge is 0.338 e. The summed E-state index contributed by atoms with van der Waals surface area (Å²) in [7, 11) is 0. The Labute approximate surface area is 127 Å². The van der Waals surface area contributed by atoms with E-state index in [9.17, 15) is 19.3 Å². The van der Waals surface area contributed by atoms with Gasteiger partial charge in [-0.05, 0) is 30.3 Å². The maximum absolute atomic E-state index is 13.3. The zero-order chi connectivity index (χ0) is 15.6. The highest BCUT2D eigenvalue weighted by Crippen LogP contribution is 2.36. The van der Waals surface area contributed by atoms with E-state index in [1.54, 1.807) is 0 Å². The summed E-state index contributed by atoms with van der Waals surface area (Å²) in [5.74, 6) is -2.27. The van der Waals surface area contributed by atoms with Crippen molar-refractivity contribution in [3.05, 3.63) is 62.9 Å². The molecule has 0 unspecified atom stereocenters. The van der Waals surface area contributed by atoms with Gasteiger partial charge in [0, 0.05) is 16.0 Å². The van der Waals surface area contributed by atoms with Crippen LogP contribution in [0.1, 0.15) is 10.4 Å². The fourth-order valence-electron chi connectivity index (χ4n) is 1.58. The molecule has 2 aromatic carbocycles. The molecule has 2 aromatic rings. The van der Waals surface area contributed by atoms with Gasteiger partial charge >= 0.3 is 5.97 Å². The maximum Gasteiger partial charge on any atom is 0.338 e. The quantitative estimate of drug-likeness (QED) is 0.671. The normalized spacial score (nSPS) is 10.4. The van der Waals surface area contributed by atoms with Gasteiger partial charge in [0.1, 0.15) is 5.82 Å². The van der Waals surface area contributed by atoms with Crippen molar-refractivity contribution in [2.45, 2.75) is 9.79 Å². The Balaban J connectivity index is 2.41. The molecule has 108 valence electrons. The van der Waals surface area contributed by atoms with Gasteiger partial charge in [-0.1, -0.05) is 23.4 Å². The molecular weight excluding hydrogens is 321 g/mol. The van der Waals surface area contributed by atoms with Gasteiger partial charge in [0.05, 0.1) is 15.4 Å². The third-order valence-electron chi connectivity index (χ3n) is 2.51. The molecule has 0 atom stereocenters. The van der Waals surface area contributed by atoms with E-state index in [0.717, 1.165) is 23.9 Å². The van der Waals surface area contributed by atoms with Crippen molar-refractivity contribution in [1.82, 2.24) is 0 Å². The molecule has 0 fully saturated rings. The zero-order valence-corrected chi connectivity index (χ0v) is 11.8. The second kappa shape index (κ2) is 6.11. The molecule has 0 aliphatic rings. The number of rotatable bonds is 4. The van der Waals surface area contributed by atoms with E-state index in [1.807, 2.05) is 0 Å². The molecule has 0 aromatic heterocycles. The van der Waals surface area contributed by atoms with Crippen molar-refractivity contribution in [2.75, 3.05) is 0 Å². The van der Waals surface area contributed by atoms with Crippen LogP contribution in [0.5, 0.6) is 0 Å². The molecule has 0 spiro atoms. The number of benzene rings is 2. The van der Waals surface area contributed by atoms with Crippen LogP contribution in [0.15, 0.2) is 46.2 Å². The number of carboxylic acids is 1. The van der Waals surface area contributed by atoms with Crippen molar-refractivity contribution < 1.29 is 19.2 Å². The van der Waals surface area contributed by atoms with E-state index in [2.05, 4.69) is 0 Å². The monoisotopic (exact) mass is 327 g/mol. The molecule has 0 radical (unpaired) electrons. The second-order valence-corrected chi connectivity index (χ2v) is 5.47. The second-order valence-electron chi connectivity index (χ2n) is 3.92. The number of halogens is 2. The lowest BCUT2D eigenvalue weighted by Crippen LogP contribution is -2.00. The van der Waals surface area contributed by atoms with Gasteiger partial charge in [0.2, 0.25) is 0 Å². The molecule has 0 saturated heterocycles. The minimum absolute atomic E-state index is 0.200. The van der Waals surface area contributed by atoms with Gasteiger partial charge in [-0.15, -0.1) is 0 Å². The van der Waals surface area contributed by atoms with Crippen molar-refractivity contribution in [3.63, 3.8) is 0 Å². The number of carboxylic acid groups (broad SMARTS) is 1. The lowest BCUT2D eigenvalue weighted by molar-refractivity contribution is -0.387. The average molecular weight is 328 g/mol. The highest BCUT2D eigenvalue weighted by atomic mass is 35.5. The van der Waals surface area contributed by atoms with Crippen LogP contribution in [0.2, 0.25) is 5.02 Å². The van der Waals surface area contributed by atoms with Gasteiger partial charge in [-0.2, -0.15) is 0 Å². The zero-order valence-electron chi connectivity index (χ0n) is 10.2. The molecule has 8 heteroatoms. The van der Waals surface area contributed by atoms with Crippen LogP contribution in [0.25, 0.3) is 0 Å². The lowest BCUT2D eigenvalue weighted by atomic mass is 10.2. The summed E-state index contributed by atoms with van der Waals surface area (Å²) in [6, 6.07) is 7.62. The minimum atomic E-state index is -1.40. The predicted molar refractivity (Wildman–Crippen MR) is 75.6 cm³/mol. The van der Waals surface area contributed by atoms with Gasteiger partial charge < -0.3 is 5.11 Å². The molecule has 0 saturated carbocycles. The summed E-state index contributed by atoms with van der Waals surface area (Å²) in [4.78, 5) is 21.9. The molecular formula is C13H7ClFNO4S. The molecule has 1 N–H and O–H groups in total. The number of nitro benzene ring substituents is 1. The Morgan fingerprint density at radius 3 is 2.62 bits per heavy atom. The van der Waals surface area contributed by atoms with Crippen molar-refractivity contribution >= 4 is 35.0 Å². The first kappa shape index (κ1) is 15.3. The number of aromatic carboxylic acids is 1. The minimum Gasteiger partial charge on any atom is -0.478 e. The van der Waals surface area contributed by atoms with E-state index >= 15 is 0 Å². The van der Waals surface area contributed by atoms with E-state index < -0.39 is 22.3 Å². The summed E-state index contributed by atoms with van der Waals surface area (Å²) in [6.45, 7) is 0. The largest absolute Gasteiger partial charge is 0.478 e. The maximum atomic E-state index is 13.3. The lowest BCUT2D eigenvalue weighted by Gasteiger charge is -2.05. The third-order valence-corrected chi connectivity index (χ3v) is 3.80. The Bertz CT molecular complexity index is 738. The van der Waals surface area contributed by atoms with Crippen LogP contribution < -0.4 is 0 Å². The van der Waals surface area contributed by atoms with Crippen LogP contribution in [-0.2, 0) is 0 Å². The molecule has 0 heterocycles. The summed E-state index contributed by atoms with van der Waals surface area (Å²) in [5.41, 5.74) is -0.690. The Morgan fingerprint density at radius 1 is 1.29 bits per heavy atom. The summed E-state index contributed by atoms with van der Waals surface area (Å²) in [6.07, 6.45) is 0. The number of nitro groups is 1. The van der Waals surface area contributed by atoms with Gasteiger partial charge in [-0.3, -0.25) is 10.1 Å². The van der Waals surface area contributed by atoms with Crippen molar-refractivity contribution in [1.29, 1.82) is 0 Å².